The molecule has 0 bridgehead atoms. The first-order valence-corrected chi connectivity index (χ1v) is 9.99. The van der Waals surface area contributed by atoms with Crippen LogP contribution in [0.1, 0.15) is 18.4 Å². The van der Waals surface area contributed by atoms with Crippen LogP contribution in [-0.4, -0.2) is 45.5 Å². The molecule has 2 saturated heterocycles. The Balaban J connectivity index is 1.49. The highest BCUT2D eigenvalue weighted by Gasteiger charge is 2.20. The average Bonchev–Trinajstić information content (AvgIpc) is 3.28. The van der Waals surface area contributed by atoms with Crippen molar-refractivity contribution in [3.05, 3.63) is 54.1 Å². The molecule has 148 valence electrons. The van der Waals surface area contributed by atoms with Crippen LogP contribution in [0.2, 0.25) is 0 Å². The first-order chi connectivity index (χ1) is 13.8. The molecule has 2 fully saturated rings. The summed E-state index contributed by atoms with van der Waals surface area (Å²) in [5.41, 5.74) is 3.94. The van der Waals surface area contributed by atoms with E-state index in [0.29, 0.717) is 0 Å². The van der Waals surface area contributed by atoms with Gasteiger partial charge in [0.05, 0.1) is 24.6 Å². The summed E-state index contributed by atoms with van der Waals surface area (Å²) in [5, 5.41) is 2.98. The SMILES string of the molecule is O=C(Nc1cc(N2CCOCC2)ccc1N1CCCC1)OCc1ccccc1. The Morgan fingerprint density at radius 3 is 2.46 bits per heavy atom. The fourth-order valence-corrected chi connectivity index (χ4v) is 3.75. The summed E-state index contributed by atoms with van der Waals surface area (Å²) in [4.78, 5) is 17.1. The second-order valence-corrected chi connectivity index (χ2v) is 7.18. The van der Waals surface area contributed by atoms with Crippen molar-refractivity contribution in [2.75, 3.05) is 54.5 Å². The summed E-state index contributed by atoms with van der Waals surface area (Å²) in [6, 6.07) is 16.0. The van der Waals surface area contributed by atoms with Gasteiger partial charge in [-0.2, -0.15) is 0 Å². The zero-order valence-electron chi connectivity index (χ0n) is 16.1. The number of hydrogen-bond donors (Lipinski definition) is 1. The summed E-state index contributed by atoms with van der Waals surface area (Å²) < 4.78 is 10.9. The predicted octanol–water partition coefficient (Wildman–Crippen LogP) is 3.87. The van der Waals surface area contributed by atoms with Crippen molar-refractivity contribution >= 4 is 23.2 Å². The van der Waals surface area contributed by atoms with Gasteiger partial charge in [0, 0.05) is 31.9 Å². The fourth-order valence-electron chi connectivity index (χ4n) is 3.75. The average molecular weight is 381 g/mol. The van der Waals surface area contributed by atoms with Gasteiger partial charge in [0.1, 0.15) is 6.61 Å². The van der Waals surface area contributed by atoms with Crippen LogP contribution in [0.5, 0.6) is 0 Å². The van der Waals surface area contributed by atoms with Crippen molar-refractivity contribution in [3.8, 4) is 0 Å². The number of benzene rings is 2. The molecule has 1 N–H and O–H groups in total. The van der Waals surface area contributed by atoms with Gasteiger partial charge in [0.25, 0.3) is 0 Å². The molecule has 6 heteroatoms. The number of rotatable bonds is 5. The highest BCUT2D eigenvalue weighted by Crippen LogP contribution is 2.33. The molecule has 2 aliphatic heterocycles. The molecule has 0 radical (unpaired) electrons. The monoisotopic (exact) mass is 381 g/mol. The maximum atomic E-state index is 12.5. The van der Waals surface area contributed by atoms with Crippen molar-refractivity contribution < 1.29 is 14.3 Å². The lowest BCUT2D eigenvalue weighted by Gasteiger charge is -2.30. The van der Waals surface area contributed by atoms with Gasteiger partial charge in [-0.05, 0) is 36.6 Å². The normalized spacial score (nSPS) is 16.9. The van der Waals surface area contributed by atoms with E-state index < -0.39 is 6.09 Å². The minimum Gasteiger partial charge on any atom is -0.444 e. The van der Waals surface area contributed by atoms with Crippen molar-refractivity contribution in [1.82, 2.24) is 0 Å². The van der Waals surface area contributed by atoms with Gasteiger partial charge in [-0.3, -0.25) is 5.32 Å². The van der Waals surface area contributed by atoms with Gasteiger partial charge >= 0.3 is 6.09 Å². The number of ether oxygens (including phenoxy) is 2. The molecule has 0 saturated carbocycles. The van der Waals surface area contributed by atoms with Crippen molar-refractivity contribution in [1.29, 1.82) is 0 Å². The van der Waals surface area contributed by atoms with Gasteiger partial charge in [-0.15, -0.1) is 0 Å². The molecule has 2 heterocycles. The van der Waals surface area contributed by atoms with Crippen molar-refractivity contribution in [3.63, 3.8) is 0 Å². The van der Waals surface area contributed by atoms with Gasteiger partial charge in [0.15, 0.2) is 0 Å². The maximum absolute atomic E-state index is 12.5. The first-order valence-electron chi connectivity index (χ1n) is 9.99. The van der Waals surface area contributed by atoms with Crippen LogP contribution in [0.15, 0.2) is 48.5 Å². The van der Waals surface area contributed by atoms with E-state index in [2.05, 4.69) is 33.3 Å². The minimum atomic E-state index is -0.427. The van der Waals surface area contributed by atoms with Gasteiger partial charge < -0.3 is 19.3 Å². The third-order valence-corrected chi connectivity index (χ3v) is 5.25. The van der Waals surface area contributed by atoms with Crippen LogP contribution in [0.3, 0.4) is 0 Å². The number of hydrogen-bond acceptors (Lipinski definition) is 5. The molecule has 28 heavy (non-hydrogen) atoms. The molecule has 0 spiro atoms. The summed E-state index contributed by atoms with van der Waals surface area (Å²) in [6.07, 6.45) is 1.94. The van der Waals surface area contributed by atoms with E-state index in [9.17, 15) is 4.79 Å². The van der Waals surface area contributed by atoms with Crippen LogP contribution < -0.4 is 15.1 Å². The summed E-state index contributed by atoms with van der Waals surface area (Å²) in [7, 11) is 0. The van der Waals surface area contributed by atoms with Crippen LogP contribution >= 0.6 is 0 Å². The predicted molar refractivity (Wildman–Crippen MR) is 111 cm³/mol. The highest BCUT2D eigenvalue weighted by molar-refractivity contribution is 5.91. The number of carbonyl (C=O) groups excluding carboxylic acids is 1. The van der Waals surface area contributed by atoms with Crippen molar-refractivity contribution in [2.45, 2.75) is 19.4 Å². The quantitative estimate of drug-likeness (QED) is 0.852. The molecule has 2 aromatic rings. The Kier molecular flexibility index (Phi) is 5.97. The molecule has 1 amide bonds. The Labute approximate surface area is 166 Å². The van der Waals surface area contributed by atoms with Crippen LogP contribution in [0.4, 0.5) is 21.9 Å². The van der Waals surface area contributed by atoms with Gasteiger partial charge in [0.2, 0.25) is 0 Å². The largest absolute Gasteiger partial charge is 0.444 e. The Morgan fingerprint density at radius 1 is 0.964 bits per heavy atom. The Hall–Kier alpha value is -2.73. The van der Waals surface area contributed by atoms with Crippen molar-refractivity contribution in [2.24, 2.45) is 0 Å². The molecule has 0 unspecified atom stereocenters. The number of nitrogens with zero attached hydrogens (tertiary/aromatic N) is 2. The first kappa shape index (κ1) is 18.6. The zero-order chi connectivity index (χ0) is 19.2. The standard InChI is InChI=1S/C22H27N3O3/c26-22(28-17-18-6-2-1-3-7-18)23-20-16-19(24-12-14-27-15-13-24)8-9-21(20)25-10-4-5-11-25/h1-3,6-9,16H,4-5,10-15,17H2,(H,23,26). The van der Waals surface area contributed by atoms with Gasteiger partial charge in [-0.1, -0.05) is 30.3 Å². The minimum absolute atomic E-state index is 0.259. The summed E-state index contributed by atoms with van der Waals surface area (Å²) in [6.45, 7) is 5.48. The van der Waals surface area contributed by atoms with E-state index in [0.717, 1.165) is 62.0 Å². The third kappa shape index (κ3) is 4.57. The second-order valence-electron chi connectivity index (χ2n) is 7.18. The van der Waals surface area contributed by atoms with E-state index in [4.69, 9.17) is 9.47 Å². The number of morpholine rings is 1. The summed E-state index contributed by atoms with van der Waals surface area (Å²) >= 11 is 0. The van der Waals surface area contributed by atoms with Crippen LogP contribution in [0, 0.1) is 0 Å². The second kappa shape index (κ2) is 8.97. The Bertz CT molecular complexity index is 785. The lowest BCUT2D eigenvalue weighted by atomic mass is 10.2. The molecule has 0 aliphatic carbocycles. The van der Waals surface area contributed by atoms with E-state index >= 15 is 0 Å². The third-order valence-electron chi connectivity index (χ3n) is 5.25. The number of nitrogens with one attached hydrogen (secondary N) is 1. The van der Waals surface area contributed by atoms with Gasteiger partial charge in [-0.25, -0.2) is 4.79 Å². The smallest absolute Gasteiger partial charge is 0.412 e. The molecule has 6 nitrogen and oxygen atoms in total. The van der Waals surface area contributed by atoms with Crippen LogP contribution in [0.25, 0.3) is 0 Å². The molecule has 2 aliphatic rings. The Morgan fingerprint density at radius 2 is 1.71 bits per heavy atom. The molecular weight excluding hydrogens is 354 g/mol. The lowest BCUT2D eigenvalue weighted by molar-refractivity contribution is 0.122. The molecule has 0 atom stereocenters. The lowest BCUT2D eigenvalue weighted by Crippen LogP contribution is -2.36. The molecule has 0 aromatic heterocycles. The molecule has 4 rings (SSSR count). The topological polar surface area (TPSA) is 54.0 Å². The molecule has 2 aromatic carbocycles. The number of anilines is 3. The summed E-state index contributed by atoms with van der Waals surface area (Å²) in [5.74, 6) is 0. The fraction of sp³-hybridized carbons (Fsp3) is 0.409. The number of carbonyl (C=O) groups is 1. The number of amides is 1. The van der Waals surface area contributed by atoms with E-state index in [1.165, 1.54) is 12.8 Å². The van der Waals surface area contributed by atoms with E-state index in [1.807, 2.05) is 30.3 Å². The zero-order valence-corrected chi connectivity index (χ0v) is 16.1. The van der Waals surface area contributed by atoms with E-state index in [-0.39, 0.29) is 6.61 Å². The highest BCUT2D eigenvalue weighted by atomic mass is 16.5. The maximum Gasteiger partial charge on any atom is 0.412 e. The molecular formula is C22H27N3O3. The van der Waals surface area contributed by atoms with E-state index in [1.54, 1.807) is 0 Å². The van der Waals surface area contributed by atoms with Crippen LogP contribution in [-0.2, 0) is 16.1 Å².